The van der Waals surface area contributed by atoms with Gasteiger partial charge in [0.15, 0.2) is 5.76 Å². The van der Waals surface area contributed by atoms with Crippen LogP contribution in [-0.4, -0.2) is 15.8 Å². The normalized spacial score (nSPS) is 11.1. The number of allylic oxidation sites excluding steroid dienone is 1. The van der Waals surface area contributed by atoms with Crippen molar-refractivity contribution in [3.05, 3.63) is 65.2 Å². The fraction of sp³-hybridized carbons (Fsp3) is 0.0625. The van der Waals surface area contributed by atoms with Crippen molar-refractivity contribution in [1.29, 1.82) is 0 Å². The van der Waals surface area contributed by atoms with Crippen LogP contribution in [0.25, 0.3) is 16.8 Å². The number of hydrogen-bond donors (Lipinski definition) is 0. The third-order valence-corrected chi connectivity index (χ3v) is 3.68. The fourth-order valence-electron chi connectivity index (χ4n) is 1.78. The van der Waals surface area contributed by atoms with Crippen molar-refractivity contribution in [2.75, 3.05) is 0 Å². The van der Waals surface area contributed by atoms with Gasteiger partial charge in [-0.2, -0.15) is 0 Å². The van der Waals surface area contributed by atoms with Crippen LogP contribution in [0.2, 0.25) is 0 Å². The number of ketones is 1. The van der Waals surface area contributed by atoms with Crippen LogP contribution in [0.1, 0.15) is 22.0 Å². The number of carbonyl (C=O) groups is 1. The quantitative estimate of drug-likeness (QED) is 0.539. The first-order chi connectivity index (χ1) is 10.2. The molecule has 0 saturated heterocycles. The summed E-state index contributed by atoms with van der Waals surface area (Å²) >= 11 is 1.49. The Labute approximate surface area is 125 Å². The third kappa shape index (κ3) is 3.14. The second-order valence-electron chi connectivity index (χ2n) is 4.40. The number of rotatable bonds is 4. The largest absolute Gasteiger partial charge is 0.458 e. The van der Waals surface area contributed by atoms with Crippen LogP contribution >= 0.6 is 11.3 Å². The van der Waals surface area contributed by atoms with Gasteiger partial charge in [-0.05, 0) is 43.3 Å². The maximum atomic E-state index is 11.9. The van der Waals surface area contributed by atoms with E-state index in [-0.39, 0.29) is 5.78 Å². The molecule has 0 aliphatic carbocycles. The zero-order valence-electron chi connectivity index (χ0n) is 11.3. The van der Waals surface area contributed by atoms with E-state index in [4.69, 9.17) is 4.42 Å². The van der Waals surface area contributed by atoms with Gasteiger partial charge < -0.3 is 4.42 Å². The summed E-state index contributed by atoms with van der Waals surface area (Å²) in [6, 6.07) is 9.12. The molecule has 0 N–H and O–H groups in total. The lowest BCUT2D eigenvalue weighted by molar-refractivity contribution is 0.102. The van der Waals surface area contributed by atoms with Crippen molar-refractivity contribution in [2.45, 2.75) is 6.92 Å². The Kier molecular flexibility index (Phi) is 3.75. The van der Waals surface area contributed by atoms with E-state index in [1.165, 1.54) is 17.4 Å². The van der Waals surface area contributed by atoms with Crippen LogP contribution in [-0.2, 0) is 0 Å². The first-order valence-corrected chi connectivity index (χ1v) is 7.26. The van der Waals surface area contributed by atoms with Crippen molar-refractivity contribution in [3.8, 4) is 10.7 Å². The first-order valence-electron chi connectivity index (χ1n) is 6.38. The van der Waals surface area contributed by atoms with E-state index in [1.54, 1.807) is 31.3 Å². The van der Waals surface area contributed by atoms with Gasteiger partial charge in [-0.25, -0.2) is 4.98 Å². The van der Waals surface area contributed by atoms with Gasteiger partial charge in [0.1, 0.15) is 10.8 Å². The predicted molar refractivity (Wildman–Crippen MR) is 82.2 cm³/mol. The SMILES string of the molecule is Cc1ccc(C(=O)/C=C\c2csc(-c3ccccn3)n2)o1. The number of nitrogens with zero attached hydrogens (tertiary/aromatic N) is 2. The van der Waals surface area contributed by atoms with Crippen LogP contribution < -0.4 is 0 Å². The zero-order valence-corrected chi connectivity index (χ0v) is 12.1. The molecule has 3 aromatic rings. The van der Waals surface area contributed by atoms with Crippen molar-refractivity contribution < 1.29 is 9.21 Å². The van der Waals surface area contributed by atoms with Crippen LogP contribution in [0, 0.1) is 6.92 Å². The maximum absolute atomic E-state index is 11.9. The van der Waals surface area contributed by atoms with Crippen LogP contribution in [0.5, 0.6) is 0 Å². The highest BCUT2D eigenvalue weighted by Crippen LogP contribution is 2.22. The molecule has 3 heterocycles. The molecule has 104 valence electrons. The minimum atomic E-state index is -0.171. The lowest BCUT2D eigenvalue weighted by Crippen LogP contribution is -1.90. The summed E-state index contributed by atoms with van der Waals surface area (Å²) in [5.41, 5.74) is 1.56. The van der Waals surface area contributed by atoms with Crippen LogP contribution in [0.3, 0.4) is 0 Å². The highest BCUT2D eigenvalue weighted by molar-refractivity contribution is 7.13. The molecule has 0 spiro atoms. The summed E-state index contributed by atoms with van der Waals surface area (Å²) < 4.78 is 5.28. The minimum absolute atomic E-state index is 0.171. The zero-order chi connectivity index (χ0) is 14.7. The Balaban J connectivity index is 1.75. The predicted octanol–water partition coefficient (Wildman–Crippen LogP) is 4.00. The molecular weight excluding hydrogens is 284 g/mol. The van der Waals surface area contributed by atoms with Crippen molar-refractivity contribution >= 4 is 23.2 Å². The van der Waals surface area contributed by atoms with Crippen molar-refractivity contribution in [2.24, 2.45) is 0 Å². The molecule has 4 nitrogen and oxygen atoms in total. The van der Waals surface area contributed by atoms with Gasteiger partial charge in [0.25, 0.3) is 0 Å². The number of carbonyl (C=O) groups excluding carboxylic acids is 1. The molecule has 0 fully saturated rings. The first kappa shape index (κ1) is 13.5. The smallest absolute Gasteiger partial charge is 0.221 e. The van der Waals surface area contributed by atoms with Gasteiger partial charge in [-0.1, -0.05) is 6.07 Å². The second-order valence-corrected chi connectivity index (χ2v) is 5.26. The monoisotopic (exact) mass is 296 g/mol. The van der Waals surface area contributed by atoms with Gasteiger partial charge in [-0.15, -0.1) is 11.3 Å². The van der Waals surface area contributed by atoms with E-state index in [1.807, 2.05) is 23.6 Å². The molecule has 21 heavy (non-hydrogen) atoms. The number of thiazole rings is 1. The Morgan fingerprint density at radius 1 is 1.29 bits per heavy atom. The molecule has 3 rings (SSSR count). The molecule has 0 bridgehead atoms. The van der Waals surface area contributed by atoms with Crippen molar-refractivity contribution in [1.82, 2.24) is 9.97 Å². The molecule has 0 saturated carbocycles. The summed E-state index contributed by atoms with van der Waals surface area (Å²) in [4.78, 5) is 20.6. The highest BCUT2D eigenvalue weighted by Gasteiger charge is 2.07. The molecule has 0 aliphatic heterocycles. The summed E-state index contributed by atoms with van der Waals surface area (Å²) in [5, 5.41) is 2.72. The molecule has 0 atom stereocenters. The molecule has 0 aliphatic rings. The van der Waals surface area contributed by atoms with Crippen LogP contribution in [0.15, 0.2) is 52.4 Å². The van der Waals surface area contributed by atoms with E-state index in [0.29, 0.717) is 5.76 Å². The molecule has 0 aromatic carbocycles. The number of aromatic nitrogens is 2. The molecule has 0 unspecified atom stereocenters. The minimum Gasteiger partial charge on any atom is -0.458 e. The highest BCUT2D eigenvalue weighted by atomic mass is 32.1. The van der Waals surface area contributed by atoms with Crippen LogP contribution in [0.4, 0.5) is 0 Å². The van der Waals surface area contributed by atoms with E-state index < -0.39 is 0 Å². The van der Waals surface area contributed by atoms with E-state index in [0.717, 1.165) is 22.2 Å². The standard InChI is InChI=1S/C16H12N2O2S/c1-11-5-8-15(20-11)14(19)7-6-12-10-21-16(18-12)13-4-2-3-9-17-13/h2-10H,1H3/b7-6-. The number of furan rings is 1. The second kappa shape index (κ2) is 5.85. The Morgan fingerprint density at radius 3 is 2.90 bits per heavy atom. The Bertz CT molecular complexity index is 787. The molecule has 3 aromatic heterocycles. The lowest BCUT2D eigenvalue weighted by Gasteiger charge is -1.92. The fourth-order valence-corrected chi connectivity index (χ4v) is 2.54. The van der Waals surface area contributed by atoms with Gasteiger partial charge in [0.05, 0.1) is 11.4 Å². The molecular formula is C16H12N2O2S. The van der Waals surface area contributed by atoms with Gasteiger partial charge >= 0.3 is 0 Å². The van der Waals surface area contributed by atoms with Crippen molar-refractivity contribution in [3.63, 3.8) is 0 Å². The summed E-state index contributed by atoms with van der Waals surface area (Å²) in [5.74, 6) is 0.886. The van der Waals surface area contributed by atoms with Gasteiger partial charge in [0, 0.05) is 11.6 Å². The Morgan fingerprint density at radius 2 is 2.19 bits per heavy atom. The van der Waals surface area contributed by atoms with E-state index >= 15 is 0 Å². The topological polar surface area (TPSA) is 56.0 Å². The number of hydrogen-bond acceptors (Lipinski definition) is 5. The van der Waals surface area contributed by atoms with E-state index in [2.05, 4.69) is 9.97 Å². The molecule has 0 amide bonds. The maximum Gasteiger partial charge on any atom is 0.221 e. The molecule has 0 radical (unpaired) electrons. The summed E-state index contributed by atoms with van der Waals surface area (Å²) in [7, 11) is 0. The summed E-state index contributed by atoms with van der Waals surface area (Å²) in [6.45, 7) is 1.81. The third-order valence-electron chi connectivity index (χ3n) is 2.79. The Hall–Kier alpha value is -2.53. The number of aryl methyl sites for hydroxylation is 1. The van der Waals surface area contributed by atoms with E-state index in [9.17, 15) is 4.79 Å². The average molecular weight is 296 g/mol. The lowest BCUT2D eigenvalue weighted by atomic mass is 10.2. The number of pyridine rings is 1. The molecule has 5 heteroatoms. The summed E-state index contributed by atoms with van der Waals surface area (Å²) in [6.07, 6.45) is 4.88. The average Bonchev–Trinajstić information content (AvgIpc) is 3.15. The van der Waals surface area contributed by atoms with Gasteiger partial charge in [-0.3, -0.25) is 9.78 Å². The van der Waals surface area contributed by atoms with Gasteiger partial charge in [0.2, 0.25) is 5.78 Å².